The summed E-state index contributed by atoms with van der Waals surface area (Å²) in [6.07, 6.45) is 3.18. The molecule has 0 aromatic heterocycles. The number of hydrogen-bond donors (Lipinski definition) is 0. The third-order valence-corrected chi connectivity index (χ3v) is 4.06. The van der Waals surface area contributed by atoms with Crippen molar-refractivity contribution >= 4 is 15.9 Å². The molecule has 2 rings (SSSR count). The molecule has 1 aliphatic carbocycles. The average molecular weight is 305 g/mol. The van der Waals surface area contributed by atoms with Gasteiger partial charge in [0.05, 0.1) is 0 Å². The molecule has 0 fully saturated rings. The fourth-order valence-corrected chi connectivity index (χ4v) is 3.33. The Hall–Kier alpha value is -0.640. The van der Waals surface area contributed by atoms with E-state index in [1.807, 2.05) is 6.07 Å². The second-order valence-electron chi connectivity index (χ2n) is 4.59. The fraction of sp³-hybridized carbons (Fsp3) is 0.538. The molecule has 2 unspecified atom stereocenters. The van der Waals surface area contributed by atoms with E-state index in [0.29, 0.717) is 5.92 Å². The predicted octanol–water partition coefficient (Wildman–Crippen LogP) is 4.70. The highest BCUT2D eigenvalue weighted by molar-refractivity contribution is 9.09. The molecule has 0 heterocycles. The molecule has 1 aromatic rings. The summed E-state index contributed by atoms with van der Waals surface area (Å²) in [6, 6.07) is 5.26. The third-order valence-electron chi connectivity index (χ3n) is 3.20. The molecule has 0 N–H and O–H groups in total. The summed E-state index contributed by atoms with van der Waals surface area (Å²) in [7, 11) is 0. The molecule has 4 heteroatoms. The van der Waals surface area contributed by atoms with Crippen LogP contribution in [0.2, 0.25) is 0 Å². The van der Waals surface area contributed by atoms with Gasteiger partial charge in [0.2, 0.25) is 0 Å². The van der Waals surface area contributed by atoms with E-state index in [0.717, 1.165) is 24.8 Å². The summed E-state index contributed by atoms with van der Waals surface area (Å²) in [4.78, 5) is 0.233. The highest BCUT2D eigenvalue weighted by Crippen LogP contribution is 2.39. The minimum Gasteiger partial charge on any atom is -0.435 e. The van der Waals surface area contributed by atoms with Gasteiger partial charge in [0.25, 0.3) is 0 Å². The van der Waals surface area contributed by atoms with E-state index in [2.05, 4.69) is 27.6 Å². The molecule has 0 bridgehead atoms. The van der Waals surface area contributed by atoms with Crippen LogP contribution in [0.4, 0.5) is 8.78 Å². The molecule has 0 amide bonds. The van der Waals surface area contributed by atoms with Gasteiger partial charge in [0.15, 0.2) is 0 Å². The van der Waals surface area contributed by atoms with Crippen LogP contribution in [0, 0.1) is 5.92 Å². The Kier molecular flexibility index (Phi) is 4.02. The van der Waals surface area contributed by atoms with Crippen LogP contribution in [0.15, 0.2) is 18.2 Å². The smallest absolute Gasteiger partial charge is 0.387 e. The number of ether oxygens (including phenoxy) is 1. The summed E-state index contributed by atoms with van der Waals surface area (Å²) < 4.78 is 28.8. The zero-order valence-electron chi connectivity index (χ0n) is 9.63. The van der Waals surface area contributed by atoms with E-state index in [9.17, 15) is 8.78 Å². The van der Waals surface area contributed by atoms with Crippen molar-refractivity contribution in [1.82, 2.24) is 0 Å². The number of aryl methyl sites for hydroxylation is 1. The number of rotatable bonds is 2. The van der Waals surface area contributed by atoms with Gasteiger partial charge in [-0.15, -0.1) is 0 Å². The first-order valence-electron chi connectivity index (χ1n) is 5.78. The van der Waals surface area contributed by atoms with Crippen LogP contribution in [0.5, 0.6) is 5.75 Å². The molecule has 0 radical (unpaired) electrons. The van der Waals surface area contributed by atoms with E-state index < -0.39 is 6.61 Å². The van der Waals surface area contributed by atoms with Crippen LogP contribution in [-0.4, -0.2) is 6.61 Å². The Labute approximate surface area is 108 Å². The third kappa shape index (κ3) is 3.18. The molecule has 1 aromatic carbocycles. The summed E-state index contributed by atoms with van der Waals surface area (Å²) in [5.41, 5.74) is 2.32. The highest BCUT2D eigenvalue weighted by atomic mass is 79.9. The van der Waals surface area contributed by atoms with Gasteiger partial charge in [0.1, 0.15) is 5.75 Å². The maximum absolute atomic E-state index is 12.2. The van der Waals surface area contributed by atoms with Gasteiger partial charge in [-0.2, -0.15) is 8.78 Å². The minimum absolute atomic E-state index is 0.233. The Balaban J connectivity index is 2.27. The first-order valence-corrected chi connectivity index (χ1v) is 6.69. The van der Waals surface area contributed by atoms with Gasteiger partial charge in [-0.3, -0.25) is 0 Å². The lowest BCUT2D eigenvalue weighted by molar-refractivity contribution is -0.0498. The quantitative estimate of drug-likeness (QED) is 0.568. The van der Waals surface area contributed by atoms with Crippen molar-refractivity contribution in [3.8, 4) is 5.75 Å². The van der Waals surface area contributed by atoms with Crippen LogP contribution in [0.25, 0.3) is 0 Å². The SMILES string of the molecule is CC1CCc2ccc(OC(F)F)cc2C(Br)C1. The maximum atomic E-state index is 12.2. The van der Waals surface area contributed by atoms with Gasteiger partial charge in [-0.05, 0) is 48.4 Å². The van der Waals surface area contributed by atoms with Crippen molar-refractivity contribution in [2.24, 2.45) is 5.92 Å². The fourth-order valence-electron chi connectivity index (χ4n) is 2.27. The first kappa shape index (κ1) is 12.8. The van der Waals surface area contributed by atoms with Crippen LogP contribution in [0.1, 0.15) is 35.7 Å². The Morgan fingerprint density at radius 2 is 2.18 bits per heavy atom. The zero-order chi connectivity index (χ0) is 12.4. The van der Waals surface area contributed by atoms with E-state index in [4.69, 9.17) is 0 Å². The van der Waals surface area contributed by atoms with Crippen molar-refractivity contribution in [3.63, 3.8) is 0 Å². The molecule has 94 valence electrons. The largest absolute Gasteiger partial charge is 0.435 e. The number of hydrogen-bond acceptors (Lipinski definition) is 1. The average Bonchev–Trinajstić information content (AvgIpc) is 2.38. The van der Waals surface area contributed by atoms with Crippen molar-refractivity contribution in [2.75, 3.05) is 0 Å². The minimum atomic E-state index is -2.76. The highest BCUT2D eigenvalue weighted by Gasteiger charge is 2.21. The van der Waals surface area contributed by atoms with E-state index in [1.54, 1.807) is 12.1 Å². The van der Waals surface area contributed by atoms with E-state index >= 15 is 0 Å². The summed E-state index contributed by atoms with van der Waals surface area (Å²) >= 11 is 3.63. The predicted molar refractivity (Wildman–Crippen MR) is 66.8 cm³/mol. The van der Waals surface area contributed by atoms with Gasteiger partial charge >= 0.3 is 6.61 Å². The monoisotopic (exact) mass is 304 g/mol. The van der Waals surface area contributed by atoms with Crippen molar-refractivity contribution < 1.29 is 13.5 Å². The topological polar surface area (TPSA) is 9.23 Å². The van der Waals surface area contributed by atoms with Gasteiger partial charge < -0.3 is 4.74 Å². The van der Waals surface area contributed by atoms with Gasteiger partial charge in [-0.25, -0.2) is 0 Å². The molecule has 2 atom stereocenters. The summed E-state index contributed by atoms with van der Waals surface area (Å²) in [5, 5.41) is 0. The molecule has 0 spiro atoms. The number of alkyl halides is 3. The van der Waals surface area contributed by atoms with Gasteiger partial charge in [-0.1, -0.05) is 28.9 Å². The standard InChI is InChI=1S/C13H15BrF2O/c1-8-2-3-9-4-5-10(17-13(15)16)7-11(9)12(14)6-8/h4-5,7-8,12-13H,2-3,6H2,1H3. The lowest BCUT2D eigenvalue weighted by Crippen LogP contribution is -2.03. The Morgan fingerprint density at radius 3 is 2.88 bits per heavy atom. The normalized spacial score (nSPS) is 24.3. The van der Waals surface area contributed by atoms with Crippen LogP contribution in [0.3, 0.4) is 0 Å². The molecule has 0 saturated heterocycles. The molecule has 1 nitrogen and oxygen atoms in total. The molecule has 1 aliphatic rings. The Bertz CT molecular complexity index is 395. The number of benzene rings is 1. The molecule has 17 heavy (non-hydrogen) atoms. The first-order chi connectivity index (χ1) is 8.06. The van der Waals surface area contributed by atoms with Crippen molar-refractivity contribution in [2.45, 2.75) is 37.6 Å². The van der Waals surface area contributed by atoms with Crippen molar-refractivity contribution in [1.29, 1.82) is 0 Å². The zero-order valence-corrected chi connectivity index (χ0v) is 11.2. The Morgan fingerprint density at radius 1 is 1.41 bits per heavy atom. The number of fused-ring (bicyclic) bond motifs is 1. The molecular formula is C13H15BrF2O. The summed E-state index contributed by atoms with van der Waals surface area (Å²) in [6.45, 7) is -0.539. The van der Waals surface area contributed by atoms with E-state index in [-0.39, 0.29) is 10.6 Å². The molecular weight excluding hydrogens is 290 g/mol. The van der Waals surface area contributed by atoms with Crippen LogP contribution in [-0.2, 0) is 6.42 Å². The molecule has 0 saturated carbocycles. The van der Waals surface area contributed by atoms with E-state index in [1.165, 1.54) is 5.56 Å². The molecule has 0 aliphatic heterocycles. The lowest BCUT2D eigenvalue weighted by Gasteiger charge is -2.14. The van der Waals surface area contributed by atoms with Crippen molar-refractivity contribution in [3.05, 3.63) is 29.3 Å². The second kappa shape index (κ2) is 5.34. The van der Waals surface area contributed by atoms with Gasteiger partial charge in [0, 0.05) is 4.83 Å². The lowest BCUT2D eigenvalue weighted by atomic mass is 10.0. The second-order valence-corrected chi connectivity index (χ2v) is 5.69. The number of halogens is 3. The van der Waals surface area contributed by atoms with Crippen LogP contribution < -0.4 is 4.74 Å². The maximum Gasteiger partial charge on any atom is 0.387 e. The summed E-state index contributed by atoms with van der Waals surface area (Å²) in [5.74, 6) is 0.893. The van der Waals surface area contributed by atoms with Crippen LogP contribution >= 0.6 is 15.9 Å².